The normalized spacial score (nSPS) is 9.60. The van der Waals surface area contributed by atoms with Gasteiger partial charge < -0.3 is 9.84 Å². The molecule has 0 aromatic heterocycles. The summed E-state index contributed by atoms with van der Waals surface area (Å²) in [6.07, 6.45) is 7.46. The fourth-order valence-corrected chi connectivity index (χ4v) is 1.25. The Bertz CT molecular complexity index is 308. The second-order valence-corrected chi connectivity index (χ2v) is 3.27. The minimum absolute atomic E-state index is 0.183. The van der Waals surface area contributed by atoms with Crippen molar-refractivity contribution in [1.82, 2.24) is 0 Å². The van der Waals surface area contributed by atoms with Crippen LogP contribution in [-0.2, 0) is 6.42 Å². The highest BCUT2D eigenvalue weighted by molar-refractivity contribution is 5.27. The van der Waals surface area contributed by atoms with Crippen LogP contribution < -0.4 is 4.74 Å². The SMILES string of the molecule is C#CCCCOc1ccc(CCO)cc1. The lowest BCUT2D eigenvalue weighted by Crippen LogP contribution is -1.97. The second-order valence-electron chi connectivity index (χ2n) is 3.27. The minimum Gasteiger partial charge on any atom is -0.494 e. The third kappa shape index (κ3) is 4.53. The van der Waals surface area contributed by atoms with E-state index in [1.54, 1.807) is 0 Å². The molecule has 0 atom stereocenters. The quantitative estimate of drug-likeness (QED) is 0.567. The van der Waals surface area contributed by atoms with Gasteiger partial charge in [-0.2, -0.15) is 0 Å². The van der Waals surface area contributed by atoms with E-state index in [1.807, 2.05) is 24.3 Å². The fourth-order valence-electron chi connectivity index (χ4n) is 1.25. The van der Waals surface area contributed by atoms with Crippen molar-refractivity contribution in [2.75, 3.05) is 13.2 Å². The number of unbranched alkanes of at least 4 members (excludes halogenated alkanes) is 1. The van der Waals surface area contributed by atoms with Crippen molar-refractivity contribution in [3.63, 3.8) is 0 Å². The summed E-state index contributed by atoms with van der Waals surface area (Å²) in [5.74, 6) is 3.43. The predicted octanol–water partition coefficient (Wildman–Crippen LogP) is 2.01. The molecule has 1 aromatic carbocycles. The zero-order chi connectivity index (χ0) is 10.9. The van der Waals surface area contributed by atoms with Gasteiger partial charge in [-0.1, -0.05) is 12.1 Å². The summed E-state index contributed by atoms with van der Waals surface area (Å²) in [6, 6.07) is 7.77. The van der Waals surface area contributed by atoms with E-state index in [0.717, 1.165) is 24.2 Å². The van der Waals surface area contributed by atoms with Crippen molar-refractivity contribution < 1.29 is 9.84 Å². The maximum absolute atomic E-state index is 8.74. The molecule has 1 aromatic rings. The Morgan fingerprint density at radius 1 is 1.27 bits per heavy atom. The lowest BCUT2D eigenvalue weighted by Gasteiger charge is -2.05. The molecule has 0 aliphatic heterocycles. The molecule has 2 heteroatoms. The Morgan fingerprint density at radius 3 is 2.60 bits per heavy atom. The Hall–Kier alpha value is -1.46. The number of aliphatic hydroxyl groups is 1. The number of rotatable bonds is 6. The van der Waals surface area contributed by atoms with Gasteiger partial charge in [0.2, 0.25) is 0 Å². The molecule has 0 radical (unpaired) electrons. The van der Waals surface area contributed by atoms with Gasteiger partial charge in [0, 0.05) is 13.0 Å². The molecule has 2 nitrogen and oxygen atoms in total. The third-order valence-corrected chi connectivity index (χ3v) is 2.06. The van der Waals surface area contributed by atoms with Crippen LogP contribution in [0.4, 0.5) is 0 Å². The Morgan fingerprint density at radius 2 is 2.00 bits per heavy atom. The van der Waals surface area contributed by atoms with Crippen LogP contribution in [0, 0.1) is 12.3 Å². The van der Waals surface area contributed by atoms with Gasteiger partial charge in [-0.15, -0.1) is 12.3 Å². The van der Waals surface area contributed by atoms with Crippen molar-refractivity contribution >= 4 is 0 Å². The lowest BCUT2D eigenvalue weighted by molar-refractivity contribution is 0.299. The van der Waals surface area contributed by atoms with Gasteiger partial charge in [0.25, 0.3) is 0 Å². The molecular weight excluding hydrogens is 188 g/mol. The van der Waals surface area contributed by atoms with Gasteiger partial charge in [0.15, 0.2) is 0 Å². The molecule has 1 rings (SSSR count). The molecule has 0 aliphatic rings. The van der Waals surface area contributed by atoms with Gasteiger partial charge in [-0.3, -0.25) is 0 Å². The van der Waals surface area contributed by atoms with E-state index < -0.39 is 0 Å². The fraction of sp³-hybridized carbons (Fsp3) is 0.385. The summed E-state index contributed by atoms with van der Waals surface area (Å²) in [5.41, 5.74) is 1.12. The highest BCUT2D eigenvalue weighted by atomic mass is 16.5. The first-order valence-corrected chi connectivity index (χ1v) is 5.13. The van der Waals surface area contributed by atoms with Gasteiger partial charge in [0.05, 0.1) is 6.61 Å². The number of hydrogen-bond acceptors (Lipinski definition) is 2. The van der Waals surface area contributed by atoms with Crippen LogP contribution in [0.2, 0.25) is 0 Å². The van der Waals surface area contributed by atoms with Gasteiger partial charge in [-0.25, -0.2) is 0 Å². The van der Waals surface area contributed by atoms with Crippen LogP contribution in [0.25, 0.3) is 0 Å². The molecule has 15 heavy (non-hydrogen) atoms. The van der Waals surface area contributed by atoms with Gasteiger partial charge >= 0.3 is 0 Å². The molecule has 0 spiro atoms. The predicted molar refractivity (Wildman–Crippen MR) is 60.8 cm³/mol. The van der Waals surface area contributed by atoms with Crippen LogP contribution in [0.3, 0.4) is 0 Å². The monoisotopic (exact) mass is 204 g/mol. The maximum atomic E-state index is 8.74. The first-order chi connectivity index (χ1) is 7.36. The van der Waals surface area contributed by atoms with Crippen molar-refractivity contribution in [1.29, 1.82) is 0 Å². The average Bonchev–Trinajstić information content (AvgIpc) is 2.27. The van der Waals surface area contributed by atoms with E-state index in [2.05, 4.69) is 5.92 Å². The summed E-state index contributed by atoms with van der Waals surface area (Å²) in [7, 11) is 0. The maximum Gasteiger partial charge on any atom is 0.119 e. The smallest absolute Gasteiger partial charge is 0.119 e. The van der Waals surface area contributed by atoms with Gasteiger partial charge in [0.1, 0.15) is 5.75 Å². The summed E-state index contributed by atoms with van der Waals surface area (Å²) in [5, 5.41) is 8.74. The molecule has 0 fully saturated rings. The Balaban J connectivity index is 2.33. The van der Waals surface area contributed by atoms with E-state index in [4.69, 9.17) is 16.3 Å². The largest absolute Gasteiger partial charge is 0.494 e. The Labute approximate surface area is 90.9 Å². The molecule has 0 unspecified atom stereocenters. The topological polar surface area (TPSA) is 29.5 Å². The third-order valence-electron chi connectivity index (χ3n) is 2.06. The molecule has 0 heterocycles. The van der Waals surface area contributed by atoms with Crippen LogP contribution >= 0.6 is 0 Å². The molecule has 1 N–H and O–H groups in total. The van der Waals surface area contributed by atoms with Crippen molar-refractivity contribution in [2.45, 2.75) is 19.3 Å². The molecule has 0 saturated carbocycles. The molecule has 0 bridgehead atoms. The minimum atomic E-state index is 0.183. The highest BCUT2D eigenvalue weighted by Crippen LogP contribution is 2.12. The Kier molecular flexibility index (Phi) is 5.35. The molecule has 0 aliphatic carbocycles. The summed E-state index contributed by atoms with van der Waals surface area (Å²) >= 11 is 0. The first-order valence-electron chi connectivity index (χ1n) is 5.13. The number of aliphatic hydroxyl groups excluding tert-OH is 1. The number of terminal acetylenes is 1. The van der Waals surface area contributed by atoms with E-state index in [0.29, 0.717) is 13.0 Å². The molecular formula is C13H16O2. The summed E-state index contributed by atoms with van der Waals surface area (Å²) in [4.78, 5) is 0. The van der Waals surface area contributed by atoms with E-state index >= 15 is 0 Å². The second kappa shape index (κ2) is 6.92. The first kappa shape index (κ1) is 11.6. The van der Waals surface area contributed by atoms with Crippen LogP contribution in [-0.4, -0.2) is 18.3 Å². The standard InChI is InChI=1S/C13H16O2/c1-2-3-4-11-15-13-7-5-12(6-8-13)9-10-14/h1,5-8,14H,3-4,9-11H2. The van der Waals surface area contributed by atoms with Gasteiger partial charge in [-0.05, 0) is 30.5 Å². The van der Waals surface area contributed by atoms with E-state index in [1.165, 1.54) is 0 Å². The highest BCUT2D eigenvalue weighted by Gasteiger charge is 1.94. The summed E-state index contributed by atoms with van der Waals surface area (Å²) < 4.78 is 5.48. The van der Waals surface area contributed by atoms with Crippen LogP contribution in [0.5, 0.6) is 5.75 Å². The van der Waals surface area contributed by atoms with Crippen molar-refractivity contribution in [3.05, 3.63) is 29.8 Å². The zero-order valence-electron chi connectivity index (χ0n) is 8.78. The average molecular weight is 204 g/mol. The lowest BCUT2D eigenvalue weighted by atomic mass is 10.1. The van der Waals surface area contributed by atoms with Crippen molar-refractivity contribution in [3.8, 4) is 18.1 Å². The number of ether oxygens (including phenoxy) is 1. The number of hydrogen-bond donors (Lipinski definition) is 1. The zero-order valence-corrected chi connectivity index (χ0v) is 8.78. The molecule has 80 valence electrons. The van der Waals surface area contributed by atoms with Crippen LogP contribution in [0.15, 0.2) is 24.3 Å². The van der Waals surface area contributed by atoms with E-state index in [9.17, 15) is 0 Å². The summed E-state index contributed by atoms with van der Waals surface area (Å²) in [6.45, 7) is 0.839. The molecule has 0 saturated heterocycles. The van der Waals surface area contributed by atoms with E-state index in [-0.39, 0.29) is 6.61 Å². The van der Waals surface area contributed by atoms with Crippen LogP contribution in [0.1, 0.15) is 18.4 Å². The molecule has 0 amide bonds. The van der Waals surface area contributed by atoms with Crippen molar-refractivity contribution in [2.24, 2.45) is 0 Å². The number of benzene rings is 1.